The predicted octanol–water partition coefficient (Wildman–Crippen LogP) is 1.78. The highest BCUT2D eigenvalue weighted by molar-refractivity contribution is 5.76. The number of hydrogen-bond donors (Lipinski definition) is 3. The number of benzene rings is 1. The minimum Gasteiger partial charge on any atom is -0.507 e. The Morgan fingerprint density at radius 1 is 1.35 bits per heavy atom. The number of hydrogen-bond acceptors (Lipinski definition) is 4. The lowest BCUT2D eigenvalue weighted by atomic mass is 9.85. The summed E-state index contributed by atoms with van der Waals surface area (Å²) in [5.74, 6) is 6.06. The predicted molar refractivity (Wildman–Crippen MR) is 76.6 cm³/mol. The van der Waals surface area contributed by atoms with Gasteiger partial charge in [-0.1, -0.05) is 0 Å². The van der Waals surface area contributed by atoms with E-state index in [0.29, 0.717) is 5.75 Å². The molecule has 2 rings (SSSR count). The van der Waals surface area contributed by atoms with E-state index in [4.69, 9.17) is 10.6 Å². The van der Waals surface area contributed by atoms with Gasteiger partial charge in [0.05, 0.1) is 6.42 Å². The lowest BCUT2D eigenvalue weighted by Gasteiger charge is -2.37. The van der Waals surface area contributed by atoms with Gasteiger partial charge in [0, 0.05) is 5.56 Å². The third-order valence-corrected chi connectivity index (χ3v) is 4.29. The molecule has 110 valence electrons. The molecule has 1 unspecified atom stereocenters. The Hall–Kier alpha value is -1.75. The normalized spacial score (nSPS) is 21.1. The summed E-state index contributed by atoms with van der Waals surface area (Å²) in [4.78, 5) is 11.5. The largest absolute Gasteiger partial charge is 0.507 e. The number of ether oxygens (including phenoxy) is 1. The van der Waals surface area contributed by atoms with Crippen molar-refractivity contribution in [1.29, 1.82) is 0 Å². The van der Waals surface area contributed by atoms with Crippen LogP contribution in [0.3, 0.4) is 0 Å². The van der Waals surface area contributed by atoms with Crippen LogP contribution >= 0.6 is 0 Å². The number of phenolic OH excluding ortho intramolecular Hbond substituents is 1. The van der Waals surface area contributed by atoms with Crippen LogP contribution in [0.25, 0.3) is 0 Å². The zero-order chi connectivity index (χ0) is 15.1. The first-order valence-electron chi connectivity index (χ1n) is 6.79. The Balaban J connectivity index is 2.42. The Labute approximate surface area is 119 Å². The van der Waals surface area contributed by atoms with Gasteiger partial charge in [-0.25, -0.2) is 5.84 Å². The Morgan fingerprint density at radius 2 is 2.00 bits per heavy atom. The second-order valence-electron chi connectivity index (χ2n) is 5.83. The van der Waals surface area contributed by atoms with E-state index in [0.717, 1.165) is 40.8 Å². The number of nitrogens with one attached hydrogen (secondary N) is 1. The Kier molecular flexibility index (Phi) is 3.65. The molecule has 0 fully saturated rings. The second kappa shape index (κ2) is 4.98. The summed E-state index contributed by atoms with van der Waals surface area (Å²) in [7, 11) is 0. The molecule has 5 nitrogen and oxygen atoms in total. The van der Waals surface area contributed by atoms with Crippen LogP contribution in [0.5, 0.6) is 11.5 Å². The molecule has 0 bridgehead atoms. The van der Waals surface area contributed by atoms with Crippen LogP contribution in [0.15, 0.2) is 0 Å². The van der Waals surface area contributed by atoms with Crippen molar-refractivity contribution in [1.82, 2.24) is 5.43 Å². The average molecular weight is 278 g/mol. The number of carbonyl (C=O) groups is 1. The van der Waals surface area contributed by atoms with Crippen molar-refractivity contribution < 1.29 is 14.6 Å². The van der Waals surface area contributed by atoms with Gasteiger partial charge >= 0.3 is 0 Å². The minimum absolute atomic E-state index is 0.224. The lowest BCUT2D eigenvalue weighted by molar-refractivity contribution is -0.125. The van der Waals surface area contributed by atoms with Crippen molar-refractivity contribution in [3.8, 4) is 11.5 Å². The lowest BCUT2D eigenvalue weighted by Crippen LogP contribution is -2.43. The number of carbonyl (C=O) groups excluding carboxylic acids is 1. The molecule has 0 saturated carbocycles. The highest BCUT2D eigenvalue weighted by Crippen LogP contribution is 2.43. The summed E-state index contributed by atoms with van der Waals surface area (Å²) in [5, 5.41) is 10.1. The number of phenols is 1. The zero-order valence-electron chi connectivity index (χ0n) is 12.5. The van der Waals surface area contributed by atoms with E-state index >= 15 is 0 Å². The molecule has 0 aliphatic carbocycles. The summed E-state index contributed by atoms with van der Waals surface area (Å²) in [6, 6.07) is 0. The smallest absolute Gasteiger partial charge is 0.237 e. The highest BCUT2D eigenvalue weighted by Gasteiger charge is 2.36. The first-order chi connectivity index (χ1) is 9.29. The molecule has 0 aromatic heterocycles. The maximum Gasteiger partial charge on any atom is 0.237 e. The van der Waals surface area contributed by atoms with E-state index < -0.39 is 5.60 Å². The Bertz CT molecular complexity index is 569. The van der Waals surface area contributed by atoms with Crippen molar-refractivity contribution in [3.05, 3.63) is 22.3 Å². The standard InChI is InChI=1S/C15H22N2O3/c1-8-9(2)14-11(10(3)13(8)19)5-6-15(4,20-14)7-12(18)17-16/h19H,5-7,16H2,1-4H3,(H,17,18). The minimum atomic E-state index is -0.558. The van der Waals surface area contributed by atoms with Crippen LogP contribution in [-0.2, 0) is 11.2 Å². The van der Waals surface area contributed by atoms with Gasteiger partial charge in [0.15, 0.2) is 0 Å². The molecule has 1 aliphatic rings. The number of amides is 1. The molecule has 1 aliphatic heterocycles. The van der Waals surface area contributed by atoms with Crippen LogP contribution in [0.4, 0.5) is 0 Å². The highest BCUT2D eigenvalue weighted by atomic mass is 16.5. The number of hydrazine groups is 1. The molecule has 0 spiro atoms. The maximum atomic E-state index is 11.5. The van der Waals surface area contributed by atoms with Crippen molar-refractivity contribution in [2.24, 2.45) is 5.84 Å². The zero-order valence-corrected chi connectivity index (χ0v) is 12.5. The monoisotopic (exact) mass is 278 g/mol. The van der Waals surface area contributed by atoms with Gasteiger partial charge < -0.3 is 9.84 Å². The number of rotatable bonds is 2. The maximum absolute atomic E-state index is 11.5. The molecule has 1 atom stereocenters. The molecule has 4 N–H and O–H groups in total. The molecule has 20 heavy (non-hydrogen) atoms. The van der Waals surface area contributed by atoms with E-state index in [1.165, 1.54) is 0 Å². The van der Waals surface area contributed by atoms with Crippen LogP contribution in [-0.4, -0.2) is 16.6 Å². The number of aromatic hydroxyl groups is 1. The van der Waals surface area contributed by atoms with Crippen LogP contribution in [0.2, 0.25) is 0 Å². The van der Waals surface area contributed by atoms with Crippen molar-refractivity contribution in [2.75, 3.05) is 0 Å². The first kappa shape index (κ1) is 14.7. The van der Waals surface area contributed by atoms with E-state index in [-0.39, 0.29) is 12.3 Å². The van der Waals surface area contributed by atoms with E-state index in [1.807, 2.05) is 27.7 Å². The molecular weight excluding hydrogens is 256 g/mol. The molecule has 0 saturated heterocycles. The number of nitrogens with two attached hydrogens (primary N) is 1. The quantitative estimate of drug-likeness (QED) is 0.437. The second-order valence-corrected chi connectivity index (χ2v) is 5.83. The summed E-state index contributed by atoms with van der Waals surface area (Å²) in [6.07, 6.45) is 1.72. The van der Waals surface area contributed by atoms with Gasteiger partial charge in [0.2, 0.25) is 5.91 Å². The first-order valence-corrected chi connectivity index (χ1v) is 6.79. The summed E-state index contributed by atoms with van der Waals surface area (Å²) in [6.45, 7) is 7.63. The van der Waals surface area contributed by atoms with Gasteiger partial charge in [-0.2, -0.15) is 0 Å². The third kappa shape index (κ3) is 2.33. The van der Waals surface area contributed by atoms with Crippen molar-refractivity contribution in [3.63, 3.8) is 0 Å². The molecular formula is C15H22N2O3. The van der Waals surface area contributed by atoms with Crippen LogP contribution in [0.1, 0.15) is 42.0 Å². The van der Waals surface area contributed by atoms with Gasteiger partial charge in [-0.15, -0.1) is 0 Å². The summed E-state index contributed by atoms with van der Waals surface area (Å²) < 4.78 is 6.11. The Morgan fingerprint density at radius 3 is 2.60 bits per heavy atom. The molecule has 1 aromatic rings. The average Bonchev–Trinajstić information content (AvgIpc) is 2.42. The van der Waals surface area contributed by atoms with Crippen LogP contribution in [0, 0.1) is 20.8 Å². The van der Waals surface area contributed by atoms with Crippen molar-refractivity contribution in [2.45, 2.75) is 52.6 Å². The summed E-state index contributed by atoms with van der Waals surface area (Å²) in [5.41, 5.74) is 5.26. The third-order valence-electron chi connectivity index (χ3n) is 4.29. The van der Waals surface area contributed by atoms with Crippen molar-refractivity contribution >= 4 is 5.91 Å². The molecule has 1 amide bonds. The van der Waals surface area contributed by atoms with Gasteiger partial charge in [0.25, 0.3) is 0 Å². The van der Waals surface area contributed by atoms with Crippen LogP contribution < -0.4 is 16.0 Å². The molecule has 1 aromatic carbocycles. The molecule has 0 radical (unpaired) electrons. The topological polar surface area (TPSA) is 84.6 Å². The molecule has 1 heterocycles. The molecule has 5 heteroatoms. The van der Waals surface area contributed by atoms with E-state index in [1.54, 1.807) is 0 Å². The van der Waals surface area contributed by atoms with Gasteiger partial charge in [-0.3, -0.25) is 10.2 Å². The fourth-order valence-electron chi connectivity index (χ4n) is 2.81. The number of fused-ring (bicyclic) bond motifs is 1. The SMILES string of the molecule is Cc1c(C)c2c(c(C)c1O)CCC(C)(CC(=O)NN)O2. The fourth-order valence-corrected chi connectivity index (χ4v) is 2.81. The van der Waals surface area contributed by atoms with Gasteiger partial charge in [0.1, 0.15) is 17.1 Å². The van der Waals surface area contributed by atoms with E-state index in [9.17, 15) is 9.90 Å². The summed E-state index contributed by atoms with van der Waals surface area (Å²) >= 11 is 0. The van der Waals surface area contributed by atoms with Gasteiger partial charge in [-0.05, 0) is 57.2 Å². The fraction of sp³-hybridized carbons (Fsp3) is 0.533. The van der Waals surface area contributed by atoms with E-state index in [2.05, 4.69) is 5.43 Å².